The maximum atomic E-state index is 13.9. The van der Waals surface area contributed by atoms with E-state index in [0.717, 1.165) is 24.1 Å². The zero-order chi connectivity index (χ0) is 21.3. The van der Waals surface area contributed by atoms with Gasteiger partial charge in [0.2, 0.25) is 11.9 Å². The minimum Gasteiger partial charge on any atom is -0.347 e. The van der Waals surface area contributed by atoms with Crippen LogP contribution >= 0.6 is 0 Å². The third-order valence-corrected chi connectivity index (χ3v) is 5.30. The van der Waals surface area contributed by atoms with Gasteiger partial charge >= 0.3 is 0 Å². The Kier molecular flexibility index (Phi) is 5.43. The molecule has 2 aromatic heterocycles. The van der Waals surface area contributed by atoms with E-state index in [4.69, 9.17) is 9.61 Å². The highest BCUT2D eigenvalue weighted by Crippen LogP contribution is 2.37. The van der Waals surface area contributed by atoms with Crippen molar-refractivity contribution in [2.45, 2.75) is 32.2 Å². The van der Waals surface area contributed by atoms with Gasteiger partial charge in [-0.3, -0.25) is 4.79 Å². The van der Waals surface area contributed by atoms with Crippen molar-refractivity contribution >= 4 is 11.9 Å². The maximum Gasteiger partial charge on any atom is 0.229 e. The first-order valence-electron chi connectivity index (χ1n) is 9.81. The average Bonchev–Trinajstić information content (AvgIpc) is 3.37. The van der Waals surface area contributed by atoms with Crippen molar-refractivity contribution in [2.24, 2.45) is 0 Å². The number of hydrogen-bond acceptors (Lipinski definition) is 7. The average molecular weight is 410 g/mol. The van der Waals surface area contributed by atoms with E-state index >= 15 is 0 Å². The normalized spacial score (nSPS) is 16.1. The van der Waals surface area contributed by atoms with Crippen molar-refractivity contribution in [2.75, 3.05) is 25.5 Å². The van der Waals surface area contributed by atoms with Crippen molar-refractivity contribution in [1.82, 2.24) is 25.2 Å². The monoisotopic (exact) mass is 410 g/mol. The van der Waals surface area contributed by atoms with Crippen LogP contribution in [0.25, 0.3) is 11.1 Å². The first kappa shape index (κ1) is 19.9. The number of anilines is 1. The number of aromatic nitrogens is 4. The zero-order valence-electron chi connectivity index (χ0n) is 17.2. The minimum atomic E-state index is -0.330. The molecule has 4 rings (SSSR count). The lowest BCUT2D eigenvalue weighted by Gasteiger charge is -2.26. The summed E-state index contributed by atoms with van der Waals surface area (Å²) in [5.41, 5.74) is 3.28. The largest absolute Gasteiger partial charge is 0.347 e. The van der Waals surface area contributed by atoms with E-state index in [1.807, 2.05) is 30.0 Å². The van der Waals surface area contributed by atoms with E-state index < -0.39 is 0 Å². The van der Waals surface area contributed by atoms with Gasteiger partial charge in [0, 0.05) is 32.4 Å². The summed E-state index contributed by atoms with van der Waals surface area (Å²) in [6.07, 6.45) is 3.45. The number of hydrogen-bond donors (Lipinski definition) is 0. The quantitative estimate of drug-likeness (QED) is 0.639. The predicted molar refractivity (Wildman–Crippen MR) is 108 cm³/mol. The second kappa shape index (κ2) is 8.17. The lowest BCUT2D eigenvalue weighted by atomic mass is 9.99. The molecule has 0 bridgehead atoms. The molecule has 1 amide bonds. The molecule has 3 heterocycles. The lowest BCUT2D eigenvalue weighted by molar-refractivity contribution is -0.131. The fraction of sp³-hybridized carbons (Fsp3) is 0.381. The highest BCUT2D eigenvalue weighted by atomic mass is 19.1. The smallest absolute Gasteiger partial charge is 0.229 e. The lowest BCUT2D eigenvalue weighted by Crippen LogP contribution is -2.33. The van der Waals surface area contributed by atoms with E-state index in [1.165, 1.54) is 12.1 Å². The molecule has 1 aromatic carbocycles. The molecule has 0 spiro atoms. The van der Waals surface area contributed by atoms with Gasteiger partial charge in [-0.25, -0.2) is 19.0 Å². The molecule has 0 saturated carbocycles. The molecule has 1 fully saturated rings. The number of halogens is 1. The van der Waals surface area contributed by atoms with Crippen LogP contribution in [0.15, 0.2) is 35.1 Å². The van der Waals surface area contributed by atoms with Crippen LogP contribution in [0.3, 0.4) is 0 Å². The van der Waals surface area contributed by atoms with Crippen molar-refractivity contribution < 1.29 is 13.8 Å². The predicted octanol–water partition coefficient (Wildman–Crippen LogP) is 2.95. The van der Waals surface area contributed by atoms with Gasteiger partial charge in [-0.1, -0.05) is 22.4 Å². The topological polar surface area (TPSA) is 88.2 Å². The standard InChI is InChI=1S/C21H23FN6O2/c1-13-17(26-30-25-13)11-19(29)28-9-5-8-18(28)20-16(12-23-21(24-20)27(2)3)14-6-4-7-15(22)10-14/h4,6-7,10,12,18H,5,8-9,11H2,1-3H3/t18-/m1/s1. The van der Waals surface area contributed by atoms with Gasteiger partial charge in [-0.15, -0.1) is 0 Å². The van der Waals surface area contributed by atoms with Crippen LogP contribution in [0.4, 0.5) is 10.3 Å². The molecule has 3 aromatic rings. The summed E-state index contributed by atoms with van der Waals surface area (Å²) >= 11 is 0. The van der Waals surface area contributed by atoms with Crippen LogP contribution in [0.5, 0.6) is 0 Å². The zero-order valence-corrected chi connectivity index (χ0v) is 17.2. The number of carbonyl (C=O) groups is 1. The molecule has 1 atom stereocenters. The van der Waals surface area contributed by atoms with Crippen LogP contribution in [0.1, 0.15) is 36.0 Å². The molecule has 1 saturated heterocycles. The fourth-order valence-corrected chi connectivity index (χ4v) is 3.74. The molecule has 9 heteroatoms. The molecular formula is C21H23FN6O2. The number of nitrogens with zero attached hydrogens (tertiary/aromatic N) is 6. The molecule has 1 aliphatic rings. The van der Waals surface area contributed by atoms with Crippen LogP contribution < -0.4 is 4.90 Å². The van der Waals surface area contributed by atoms with E-state index in [2.05, 4.69) is 15.3 Å². The fourth-order valence-electron chi connectivity index (χ4n) is 3.74. The minimum absolute atomic E-state index is 0.0634. The van der Waals surface area contributed by atoms with Crippen molar-refractivity contribution in [3.05, 3.63) is 53.4 Å². The summed E-state index contributed by atoms with van der Waals surface area (Å²) in [5, 5.41) is 7.58. The second-order valence-electron chi connectivity index (χ2n) is 7.59. The highest BCUT2D eigenvalue weighted by molar-refractivity contribution is 5.80. The molecule has 0 aliphatic carbocycles. The van der Waals surface area contributed by atoms with Gasteiger partial charge in [0.15, 0.2) is 0 Å². The first-order valence-corrected chi connectivity index (χ1v) is 9.81. The Labute approximate surface area is 173 Å². The molecule has 0 unspecified atom stereocenters. The number of aryl methyl sites for hydroxylation is 1. The third kappa shape index (κ3) is 3.87. The molecular weight excluding hydrogens is 387 g/mol. The van der Waals surface area contributed by atoms with E-state index in [1.54, 1.807) is 19.2 Å². The number of benzene rings is 1. The SMILES string of the molecule is Cc1nonc1CC(=O)N1CCC[C@@H]1c1nc(N(C)C)ncc1-c1cccc(F)c1. The van der Waals surface area contributed by atoms with Crippen molar-refractivity contribution in [1.29, 1.82) is 0 Å². The van der Waals surface area contributed by atoms with E-state index in [0.29, 0.717) is 29.4 Å². The van der Waals surface area contributed by atoms with Gasteiger partial charge in [0.25, 0.3) is 0 Å². The van der Waals surface area contributed by atoms with E-state index in [-0.39, 0.29) is 24.2 Å². The summed E-state index contributed by atoms with van der Waals surface area (Å²) in [6.45, 7) is 2.38. The highest BCUT2D eigenvalue weighted by Gasteiger charge is 2.34. The molecule has 0 N–H and O–H groups in total. The Balaban J connectivity index is 1.72. The first-order chi connectivity index (χ1) is 14.4. The molecule has 1 aliphatic heterocycles. The Bertz CT molecular complexity index is 1070. The van der Waals surface area contributed by atoms with E-state index in [9.17, 15) is 9.18 Å². The molecule has 0 radical (unpaired) electrons. The number of amides is 1. The van der Waals surface area contributed by atoms with Gasteiger partial charge < -0.3 is 9.80 Å². The van der Waals surface area contributed by atoms with Crippen LogP contribution in [0, 0.1) is 12.7 Å². The van der Waals surface area contributed by atoms with Gasteiger partial charge in [0.05, 0.1) is 18.2 Å². The Morgan fingerprint density at radius 1 is 1.33 bits per heavy atom. The second-order valence-corrected chi connectivity index (χ2v) is 7.59. The number of likely N-dealkylation sites (tertiary alicyclic amines) is 1. The van der Waals surface area contributed by atoms with Gasteiger partial charge in [-0.05, 0) is 37.5 Å². The molecule has 8 nitrogen and oxygen atoms in total. The molecule has 156 valence electrons. The maximum absolute atomic E-state index is 13.9. The summed E-state index contributed by atoms with van der Waals surface area (Å²) in [6, 6.07) is 6.12. The Morgan fingerprint density at radius 3 is 2.87 bits per heavy atom. The Morgan fingerprint density at radius 2 is 2.17 bits per heavy atom. The summed E-state index contributed by atoms with van der Waals surface area (Å²) < 4.78 is 18.6. The summed E-state index contributed by atoms with van der Waals surface area (Å²) in [4.78, 5) is 25.9. The Hall–Kier alpha value is -3.36. The number of rotatable bonds is 5. The van der Waals surface area contributed by atoms with Gasteiger partial charge in [0.1, 0.15) is 17.2 Å². The van der Waals surface area contributed by atoms with Crippen molar-refractivity contribution in [3.63, 3.8) is 0 Å². The van der Waals surface area contributed by atoms with Crippen LogP contribution in [-0.2, 0) is 11.2 Å². The van der Waals surface area contributed by atoms with Gasteiger partial charge in [-0.2, -0.15) is 0 Å². The summed E-state index contributed by atoms with van der Waals surface area (Å²) in [5.74, 6) is 0.149. The van der Waals surface area contributed by atoms with Crippen LogP contribution in [-0.4, -0.2) is 51.7 Å². The summed E-state index contributed by atoms with van der Waals surface area (Å²) in [7, 11) is 3.72. The van der Waals surface area contributed by atoms with Crippen LogP contribution in [0.2, 0.25) is 0 Å². The third-order valence-electron chi connectivity index (χ3n) is 5.30. The molecule has 30 heavy (non-hydrogen) atoms. The van der Waals surface area contributed by atoms with Crippen molar-refractivity contribution in [3.8, 4) is 11.1 Å². The number of carbonyl (C=O) groups excluding carboxylic acids is 1.